The van der Waals surface area contributed by atoms with Gasteiger partial charge in [-0.1, -0.05) is 30.3 Å². The minimum Gasteiger partial charge on any atom is -0.392 e. The highest BCUT2D eigenvalue weighted by Crippen LogP contribution is 2.27. The van der Waals surface area contributed by atoms with Crippen LogP contribution in [0.2, 0.25) is 0 Å². The van der Waals surface area contributed by atoms with Crippen molar-refractivity contribution in [3.63, 3.8) is 0 Å². The lowest BCUT2D eigenvalue weighted by molar-refractivity contribution is -0.123. The summed E-state index contributed by atoms with van der Waals surface area (Å²) < 4.78 is 27.7. The fourth-order valence-electron chi connectivity index (χ4n) is 3.03. The van der Waals surface area contributed by atoms with Crippen molar-refractivity contribution in [3.05, 3.63) is 59.7 Å². The van der Waals surface area contributed by atoms with Gasteiger partial charge in [0.15, 0.2) is 0 Å². The van der Waals surface area contributed by atoms with Crippen molar-refractivity contribution in [2.75, 3.05) is 6.54 Å². The van der Waals surface area contributed by atoms with E-state index in [4.69, 9.17) is 0 Å². The molecule has 3 atom stereocenters. The van der Waals surface area contributed by atoms with Crippen LogP contribution in [0.3, 0.4) is 0 Å². The molecule has 0 saturated carbocycles. The van der Waals surface area contributed by atoms with Gasteiger partial charge in [-0.05, 0) is 36.6 Å². The van der Waals surface area contributed by atoms with Crippen LogP contribution in [0.5, 0.6) is 0 Å². The van der Waals surface area contributed by atoms with Crippen LogP contribution in [0.1, 0.15) is 24.9 Å². The van der Waals surface area contributed by atoms with E-state index in [1.807, 2.05) is 6.92 Å². The highest BCUT2D eigenvalue weighted by atomic mass is 19.1. The SMILES string of the molecule is C[C@H](NC(=O)C1CC(O)CN1)c1ccc(-c2c(F)cccc2F)cc1. The van der Waals surface area contributed by atoms with Gasteiger partial charge in [0.2, 0.25) is 5.91 Å². The zero-order chi connectivity index (χ0) is 18.0. The second kappa shape index (κ2) is 7.29. The molecule has 6 heteroatoms. The van der Waals surface area contributed by atoms with Crippen molar-refractivity contribution in [2.45, 2.75) is 31.5 Å². The van der Waals surface area contributed by atoms with E-state index in [1.165, 1.54) is 18.2 Å². The minimum atomic E-state index is -0.611. The molecule has 0 spiro atoms. The molecule has 0 aromatic heterocycles. The highest BCUT2D eigenvalue weighted by molar-refractivity contribution is 5.82. The van der Waals surface area contributed by atoms with Gasteiger partial charge in [0.1, 0.15) is 11.6 Å². The van der Waals surface area contributed by atoms with Gasteiger partial charge in [-0.25, -0.2) is 8.78 Å². The predicted octanol–water partition coefficient (Wildman–Crippen LogP) is 2.53. The topological polar surface area (TPSA) is 61.4 Å². The molecular weight excluding hydrogens is 326 g/mol. The van der Waals surface area contributed by atoms with Gasteiger partial charge in [0, 0.05) is 6.54 Å². The fourth-order valence-corrected chi connectivity index (χ4v) is 3.03. The Hall–Kier alpha value is -2.31. The monoisotopic (exact) mass is 346 g/mol. The van der Waals surface area contributed by atoms with Gasteiger partial charge < -0.3 is 15.7 Å². The average molecular weight is 346 g/mol. The predicted molar refractivity (Wildman–Crippen MR) is 90.8 cm³/mol. The van der Waals surface area contributed by atoms with E-state index in [0.717, 1.165) is 5.56 Å². The number of amides is 1. The van der Waals surface area contributed by atoms with Crippen LogP contribution in [-0.2, 0) is 4.79 Å². The number of aliphatic hydroxyl groups is 1. The Labute approximate surface area is 144 Å². The molecule has 1 heterocycles. The Balaban J connectivity index is 1.70. The van der Waals surface area contributed by atoms with Crippen LogP contribution in [0.15, 0.2) is 42.5 Å². The number of benzene rings is 2. The van der Waals surface area contributed by atoms with Gasteiger partial charge in [-0.3, -0.25) is 4.79 Å². The summed E-state index contributed by atoms with van der Waals surface area (Å²) in [6.45, 7) is 2.25. The summed E-state index contributed by atoms with van der Waals surface area (Å²) in [5, 5.41) is 15.3. The van der Waals surface area contributed by atoms with Crippen LogP contribution in [0.4, 0.5) is 8.78 Å². The number of aliphatic hydroxyl groups excluding tert-OH is 1. The summed E-state index contributed by atoms with van der Waals surface area (Å²) in [5.41, 5.74) is 1.21. The molecule has 132 valence electrons. The van der Waals surface area contributed by atoms with Crippen molar-refractivity contribution >= 4 is 5.91 Å². The van der Waals surface area contributed by atoms with E-state index in [-0.39, 0.29) is 17.5 Å². The first-order valence-corrected chi connectivity index (χ1v) is 8.22. The number of halogens is 2. The van der Waals surface area contributed by atoms with Crippen LogP contribution < -0.4 is 10.6 Å². The number of nitrogens with one attached hydrogen (secondary N) is 2. The molecule has 1 fully saturated rings. The molecule has 0 aliphatic carbocycles. The zero-order valence-corrected chi connectivity index (χ0v) is 13.8. The largest absolute Gasteiger partial charge is 0.392 e. The Morgan fingerprint density at radius 2 is 1.84 bits per heavy atom. The Morgan fingerprint density at radius 1 is 1.20 bits per heavy atom. The Bertz CT molecular complexity index is 744. The Kier molecular flexibility index (Phi) is 5.11. The highest BCUT2D eigenvalue weighted by Gasteiger charge is 2.28. The lowest BCUT2D eigenvalue weighted by Gasteiger charge is -2.18. The van der Waals surface area contributed by atoms with Gasteiger partial charge >= 0.3 is 0 Å². The summed E-state index contributed by atoms with van der Waals surface area (Å²) in [6.07, 6.45) is -0.106. The summed E-state index contributed by atoms with van der Waals surface area (Å²) in [7, 11) is 0. The lowest BCUT2D eigenvalue weighted by atomic mass is 10.0. The quantitative estimate of drug-likeness (QED) is 0.797. The molecule has 2 aromatic rings. The molecule has 3 rings (SSSR count). The third-order valence-corrected chi connectivity index (χ3v) is 4.45. The third-order valence-electron chi connectivity index (χ3n) is 4.45. The number of rotatable bonds is 4. The zero-order valence-electron chi connectivity index (χ0n) is 13.8. The van der Waals surface area contributed by atoms with E-state index >= 15 is 0 Å². The van der Waals surface area contributed by atoms with Crippen molar-refractivity contribution in [3.8, 4) is 11.1 Å². The van der Waals surface area contributed by atoms with E-state index in [2.05, 4.69) is 10.6 Å². The van der Waals surface area contributed by atoms with Crippen LogP contribution in [0, 0.1) is 11.6 Å². The van der Waals surface area contributed by atoms with Crippen LogP contribution in [-0.4, -0.2) is 29.7 Å². The van der Waals surface area contributed by atoms with Crippen molar-refractivity contribution in [2.24, 2.45) is 0 Å². The molecule has 2 aromatic carbocycles. The van der Waals surface area contributed by atoms with Gasteiger partial charge in [-0.15, -0.1) is 0 Å². The summed E-state index contributed by atoms with van der Waals surface area (Å²) >= 11 is 0. The molecule has 1 amide bonds. The number of carbonyl (C=O) groups excluding carboxylic acids is 1. The van der Waals surface area contributed by atoms with Crippen LogP contribution >= 0.6 is 0 Å². The number of β-amino-alcohol motifs (C(OH)–C–C–N with tert-alkyl or cyclic N) is 1. The third kappa shape index (κ3) is 3.86. The molecule has 0 radical (unpaired) electrons. The van der Waals surface area contributed by atoms with E-state index in [0.29, 0.717) is 18.5 Å². The maximum absolute atomic E-state index is 13.8. The van der Waals surface area contributed by atoms with E-state index in [1.54, 1.807) is 24.3 Å². The van der Waals surface area contributed by atoms with Gasteiger partial charge in [-0.2, -0.15) is 0 Å². The number of carbonyl (C=O) groups is 1. The first-order chi connectivity index (χ1) is 12.0. The second-order valence-electron chi connectivity index (χ2n) is 6.30. The molecule has 3 N–H and O–H groups in total. The number of hydrogen-bond donors (Lipinski definition) is 3. The maximum Gasteiger partial charge on any atom is 0.237 e. The Morgan fingerprint density at radius 3 is 2.40 bits per heavy atom. The van der Waals surface area contributed by atoms with Crippen molar-refractivity contribution in [1.29, 1.82) is 0 Å². The first kappa shape index (κ1) is 17.5. The smallest absolute Gasteiger partial charge is 0.237 e. The van der Waals surface area contributed by atoms with Crippen LogP contribution in [0.25, 0.3) is 11.1 Å². The second-order valence-corrected chi connectivity index (χ2v) is 6.30. The van der Waals surface area contributed by atoms with Crippen molar-refractivity contribution in [1.82, 2.24) is 10.6 Å². The average Bonchev–Trinajstić information content (AvgIpc) is 3.02. The number of hydrogen-bond acceptors (Lipinski definition) is 3. The molecule has 1 aliphatic rings. The molecule has 0 bridgehead atoms. The lowest BCUT2D eigenvalue weighted by Crippen LogP contribution is -2.41. The van der Waals surface area contributed by atoms with Gasteiger partial charge in [0.25, 0.3) is 0 Å². The molecule has 2 unspecified atom stereocenters. The van der Waals surface area contributed by atoms with E-state index < -0.39 is 23.8 Å². The van der Waals surface area contributed by atoms with Gasteiger partial charge in [0.05, 0.1) is 23.8 Å². The van der Waals surface area contributed by atoms with Crippen molar-refractivity contribution < 1.29 is 18.7 Å². The molecular formula is C19H20F2N2O2. The fraction of sp³-hybridized carbons (Fsp3) is 0.316. The minimum absolute atomic E-state index is 0.0603. The summed E-state index contributed by atoms with van der Waals surface area (Å²) in [5.74, 6) is -1.40. The molecule has 4 nitrogen and oxygen atoms in total. The summed E-state index contributed by atoms with van der Waals surface area (Å²) in [4.78, 5) is 12.2. The molecule has 1 saturated heterocycles. The first-order valence-electron chi connectivity index (χ1n) is 8.22. The maximum atomic E-state index is 13.8. The molecule has 1 aliphatic heterocycles. The molecule has 25 heavy (non-hydrogen) atoms. The normalized spacial score (nSPS) is 21.1. The summed E-state index contributed by atoms with van der Waals surface area (Å²) in [6, 6.07) is 9.86. The standard InChI is InChI=1S/C19H20F2N2O2/c1-11(23-19(25)17-9-14(24)10-22-17)12-5-7-13(8-6-12)18-15(20)3-2-4-16(18)21/h2-8,11,14,17,22,24H,9-10H2,1H3,(H,23,25)/t11-,14?,17?/m0/s1. The van der Waals surface area contributed by atoms with E-state index in [9.17, 15) is 18.7 Å².